The summed E-state index contributed by atoms with van der Waals surface area (Å²) < 4.78 is 11.0. The summed E-state index contributed by atoms with van der Waals surface area (Å²) in [6, 6.07) is 28.6. The topological polar surface area (TPSA) is 35.5 Å². The van der Waals surface area contributed by atoms with Crippen LogP contribution in [0, 0.1) is 0 Å². The van der Waals surface area contributed by atoms with Crippen LogP contribution >= 0.6 is 11.6 Å². The number of halogens is 1. The molecule has 0 aliphatic heterocycles. The predicted molar refractivity (Wildman–Crippen MR) is 132 cm³/mol. The standard InChI is InChI=1S/C28H29ClO3/c1-3-26(28(30)31-4-2)32-24-17-15-23(16-18-24)27(22-13-9-6-10-14-22)25(19-20-29)21-11-7-5-8-12-21/h5-18,26H,3-4,19-20H2,1-2H3/b27-25-. The summed E-state index contributed by atoms with van der Waals surface area (Å²) in [5, 5.41) is 0. The molecule has 4 heteroatoms. The molecule has 166 valence electrons. The van der Waals surface area contributed by atoms with Crippen molar-refractivity contribution in [1.82, 2.24) is 0 Å². The zero-order valence-corrected chi connectivity index (χ0v) is 19.3. The lowest BCUT2D eigenvalue weighted by Crippen LogP contribution is -2.28. The van der Waals surface area contributed by atoms with Crippen LogP contribution in [0.3, 0.4) is 0 Å². The normalized spacial score (nSPS) is 12.6. The van der Waals surface area contributed by atoms with Crippen molar-refractivity contribution < 1.29 is 14.3 Å². The minimum atomic E-state index is -0.610. The van der Waals surface area contributed by atoms with Crippen molar-refractivity contribution in [2.24, 2.45) is 0 Å². The summed E-state index contributed by atoms with van der Waals surface area (Å²) in [6.07, 6.45) is 0.680. The fourth-order valence-corrected chi connectivity index (χ4v) is 3.85. The number of ether oxygens (including phenoxy) is 2. The molecule has 0 saturated heterocycles. The maximum absolute atomic E-state index is 12.1. The Bertz CT molecular complexity index is 1010. The van der Waals surface area contributed by atoms with Crippen molar-refractivity contribution in [3.63, 3.8) is 0 Å². The molecule has 1 atom stereocenters. The van der Waals surface area contributed by atoms with Crippen LogP contribution in [-0.2, 0) is 9.53 Å². The molecule has 3 aromatic rings. The Kier molecular flexibility index (Phi) is 8.94. The number of esters is 1. The summed E-state index contributed by atoms with van der Waals surface area (Å²) in [5.41, 5.74) is 5.68. The van der Waals surface area contributed by atoms with Gasteiger partial charge in [0.05, 0.1) is 6.61 Å². The maximum Gasteiger partial charge on any atom is 0.347 e. The van der Waals surface area contributed by atoms with E-state index in [4.69, 9.17) is 21.1 Å². The van der Waals surface area contributed by atoms with E-state index in [0.29, 0.717) is 24.7 Å². The summed E-state index contributed by atoms with van der Waals surface area (Å²) in [5.74, 6) is 0.830. The number of hydrogen-bond donors (Lipinski definition) is 0. The smallest absolute Gasteiger partial charge is 0.347 e. The Morgan fingerprint density at radius 2 is 1.38 bits per heavy atom. The van der Waals surface area contributed by atoms with E-state index >= 15 is 0 Å². The third-order valence-corrected chi connectivity index (χ3v) is 5.36. The second kappa shape index (κ2) is 12.1. The molecule has 0 aromatic heterocycles. The Labute approximate surface area is 195 Å². The number of carbonyl (C=O) groups is 1. The van der Waals surface area contributed by atoms with Gasteiger partial charge in [-0.2, -0.15) is 0 Å². The molecule has 0 aliphatic carbocycles. The average Bonchev–Trinajstić information content (AvgIpc) is 2.84. The van der Waals surface area contributed by atoms with Gasteiger partial charge in [0.1, 0.15) is 5.75 Å². The molecule has 32 heavy (non-hydrogen) atoms. The van der Waals surface area contributed by atoms with E-state index in [9.17, 15) is 4.79 Å². The van der Waals surface area contributed by atoms with Crippen LogP contribution in [0.25, 0.3) is 11.1 Å². The first-order chi connectivity index (χ1) is 15.7. The molecule has 0 aliphatic rings. The number of hydrogen-bond acceptors (Lipinski definition) is 3. The summed E-state index contributed by atoms with van der Waals surface area (Å²) in [6.45, 7) is 4.04. The lowest BCUT2D eigenvalue weighted by Gasteiger charge is -2.18. The monoisotopic (exact) mass is 448 g/mol. The molecule has 0 heterocycles. The van der Waals surface area contributed by atoms with Crippen molar-refractivity contribution in [2.75, 3.05) is 12.5 Å². The SMILES string of the molecule is CCOC(=O)C(CC)Oc1ccc(/C(=C(/CCCl)c2ccccc2)c2ccccc2)cc1. The minimum Gasteiger partial charge on any atom is -0.479 e. The fraction of sp³-hybridized carbons (Fsp3) is 0.250. The van der Waals surface area contributed by atoms with Gasteiger partial charge in [0.2, 0.25) is 0 Å². The van der Waals surface area contributed by atoms with Crippen molar-refractivity contribution >= 4 is 28.7 Å². The van der Waals surface area contributed by atoms with Gasteiger partial charge >= 0.3 is 5.97 Å². The van der Waals surface area contributed by atoms with E-state index < -0.39 is 6.10 Å². The highest BCUT2D eigenvalue weighted by atomic mass is 35.5. The van der Waals surface area contributed by atoms with Gasteiger partial charge in [-0.15, -0.1) is 11.6 Å². The molecule has 3 aromatic carbocycles. The molecule has 0 fully saturated rings. The van der Waals surface area contributed by atoms with Gasteiger partial charge in [0, 0.05) is 5.88 Å². The molecule has 0 amide bonds. The van der Waals surface area contributed by atoms with Gasteiger partial charge in [-0.1, -0.05) is 79.7 Å². The van der Waals surface area contributed by atoms with E-state index in [1.165, 1.54) is 5.57 Å². The minimum absolute atomic E-state index is 0.336. The van der Waals surface area contributed by atoms with Crippen LogP contribution in [0.1, 0.15) is 43.4 Å². The van der Waals surface area contributed by atoms with Gasteiger partial charge in [-0.3, -0.25) is 0 Å². The third kappa shape index (κ3) is 6.02. The fourth-order valence-electron chi connectivity index (χ4n) is 3.67. The second-order valence-corrected chi connectivity index (χ2v) is 7.69. The molecular weight excluding hydrogens is 420 g/mol. The van der Waals surface area contributed by atoms with Gasteiger partial charge in [0.25, 0.3) is 0 Å². The number of benzene rings is 3. The highest BCUT2D eigenvalue weighted by Gasteiger charge is 2.20. The predicted octanol–water partition coefficient (Wildman–Crippen LogP) is 7.00. The van der Waals surface area contributed by atoms with Crippen LogP contribution in [0.4, 0.5) is 0 Å². The summed E-state index contributed by atoms with van der Waals surface area (Å²) in [7, 11) is 0. The number of rotatable bonds is 10. The van der Waals surface area contributed by atoms with Crippen molar-refractivity contribution in [1.29, 1.82) is 0 Å². The molecule has 0 radical (unpaired) electrons. The Hall–Kier alpha value is -3.04. The second-order valence-electron chi connectivity index (χ2n) is 7.32. The Morgan fingerprint density at radius 3 is 1.91 bits per heavy atom. The van der Waals surface area contributed by atoms with Crippen LogP contribution < -0.4 is 4.74 Å². The van der Waals surface area contributed by atoms with Crippen LogP contribution in [0.15, 0.2) is 84.9 Å². The van der Waals surface area contributed by atoms with Gasteiger partial charge < -0.3 is 9.47 Å². The number of carbonyl (C=O) groups excluding carboxylic acids is 1. The van der Waals surface area contributed by atoms with E-state index in [1.807, 2.05) is 67.6 Å². The van der Waals surface area contributed by atoms with E-state index in [0.717, 1.165) is 28.7 Å². The zero-order chi connectivity index (χ0) is 22.8. The molecule has 0 spiro atoms. The quantitative estimate of drug-likeness (QED) is 0.190. The average molecular weight is 449 g/mol. The largest absolute Gasteiger partial charge is 0.479 e. The first-order valence-electron chi connectivity index (χ1n) is 11.0. The van der Waals surface area contributed by atoms with Crippen LogP contribution in [0.2, 0.25) is 0 Å². The van der Waals surface area contributed by atoms with Crippen molar-refractivity contribution in [3.8, 4) is 5.75 Å². The molecule has 3 nitrogen and oxygen atoms in total. The summed E-state index contributed by atoms with van der Waals surface area (Å²) in [4.78, 5) is 12.1. The Morgan fingerprint density at radius 1 is 0.812 bits per heavy atom. The molecule has 0 N–H and O–H groups in total. The van der Waals surface area contributed by atoms with Crippen LogP contribution in [-0.4, -0.2) is 24.6 Å². The maximum atomic E-state index is 12.1. The van der Waals surface area contributed by atoms with E-state index in [2.05, 4.69) is 24.3 Å². The first-order valence-corrected chi connectivity index (χ1v) is 11.5. The highest BCUT2D eigenvalue weighted by molar-refractivity contribution is 6.18. The summed E-state index contributed by atoms with van der Waals surface area (Å²) >= 11 is 6.22. The van der Waals surface area contributed by atoms with E-state index in [1.54, 1.807) is 6.92 Å². The molecule has 0 bridgehead atoms. The third-order valence-electron chi connectivity index (χ3n) is 5.17. The van der Waals surface area contributed by atoms with E-state index in [-0.39, 0.29) is 5.97 Å². The van der Waals surface area contributed by atoms with Gasteiger partial charge in [-0.25, -0.2) is 4.79 Å². The molecule has 1 unspecified atom stereocenters. The van der Waals surface area contributed by atoms with Gasteiger partial charge in [-0.05, 0) is 59.7 Å². The number of alkyl halides is 1. The number of allylic oxidation sites excluding steroid dienone is 1. The van der Waals surface area contributed by atoms with Crippen LogP contribution in [0.5, 0.6) is 5.75 Å². The van der Waals surface area contributed by atoms with Gasteiger partial charge in [0.15, 0.2) is 6.10 Å². The highest BCUT2D eigenvalue weighted by Crippen LogP contribution is 2.35. The molecule has 3 rings (SSSR count). The lowest BCUT2D eigenvalue weighted by atomic mass is 9.88. The first kappa shape index (κ1) is 23.6. The lowest BCUT2D eigenvalue weighted by molar-refractivity contribution is -0.151. The molecule has 0 saturated carbocycles. The molecular formula is C28H29ClO3. The van der Waals surface area contributed by atoms with Crippen molar-refractivity contribution in [3.05, 3.63) is 102 Å². The van der Waals surface area contributed by atoms with Crippen molar-refractivity contribution in [2.45, 2.75) is 32.8 Å². The zero-order valence-electron chi connectivity index (χ0n) is 18.6. The Balaban J connectivity index is 2.02.